The number of benzene rings is 1. The molecule has 0 saturated heterocycles. The van der Waals surface area contributed by atoms with Crippen molar-refractivity contribution in [2.75, 3.05) is 0 Å². The third-order valence-corrected chi connectivity index (χ3v) is 1.52. The lowest BCUT2D eigenvalue weighted by molar-refractivity contribution is 0.720. The highest BCUT2D eigenvalue weighted by atomic mass is 15.6. The lowest BCUT2D eigenvalue weighted by Crippen LogP contribution is -1.98. The molecule has 0 fully saturated rings. The van der Waals surface area contributed by atoms with Crippen molar-refractivity contribution in [3.63, 3.8) is 0 Å². The number of hydrogen-bond donors (Lipinski definition) is 0. The second kappa shape index (κ2) is 2.73. The Morgan fingerprint density at radius 1 is 1.17 bits per heavy atom. The van der Waals surface area contributed by atoms with Crippen molar-refractivity contribution in [2.24, 2.45) is 0 Å². The van der Waals surface area contributed by atoms with Crippen LogP contribution < -0.4 is 0 Å². The van der Waals surface area contributed by atoms with Crippen molar-refractivity contribution in [3.8, 4) is 5.69 Å². The molecule has 1 radical (unpaired) electrons. The van der Waals surface area contributed by atoms with Gasteiger partial charge in [0.25, 0.3) is 0 Å². The number of aromatic nitrogens is 4. The van der Waals surface area contributed by atoms with Crippen molar-refractivity contribution in [1.82, 2.24) is 20.2 Å². The molecule has 1 aromatic heterocycles. The van der Waals surface area contributed by atoms with Gasteiger partial charge in [-0.3, -0.25) is 0 Å². The van der Waals surface area contributed by atoms with Crippen molar-refractivity contribution in [1.29, 1.82) is 0 Å². The summed E-state index contributed by atoms with van der Waals surface area (Å²) in [7, 11) is 0. The van der Waals surface area contributed by atoms with E-state index in [-0.39, 0.29) is 0 Å². The minimum absolute atomic E-state index is 0.889. The van der Waals surface area contributed by atoms with Crippen LogP contribution in [-0.2, 0) is 0 Å². The zero-order chi connectivity index (χ0) is 8.39. The summed E-state index contributed by atoms with van der Waals surface area (Å²) in [6.07, 6.45) is 1.40. The standard InChI is InChI=1S/C8H7N4/c1-7-2-4-8(5-3-7)12-10-6-9-11-12/h2-6H,1H2. The van der Waals surface area contributed by atoms with Crippen LogP contribution in [0.25, 0.3) is 5.69 Å². The summed E-state index contributed by atoms with van der Waals surface area (Å²) >= 11 is 0. The van der Waals surface area contributed by atoms with Crippen molar-refractivity contribution < 1.29 is 0 Å². The highest BCUT2D eigenvalue weighted by molar-refractivity contribution is 5.33. The molecule has 12 heavy (non-hydrogen) atoms. The van der Waals surface area contributed by atoms with E-state index in [0.717, 1.165) is 11.3 Å². The fourth-order valence-corrected chi connectivity index (χ4v) is 0.915. The Kier molecular flexibility index (Phi) is 1.59. The molecule has 4 nitrogen and oxygen atoms in total. The van der Waals surface area contributed by atoms with Crippen LogP contribution in [0.1, 0.15) is 5.56 Å². The molecule has 0 aliphatic heterocycles. The maximum Gasteiger partial charge on any atom is 0.162 e. The minimum atomic E-state index is 0.889. The van der Waals surface area contributed by atoms with Gasteiger partial charge in [0.15, 0.2) is 6.33 Å². The first-order chi connectivity index (χ1) is 5.86. The first-order valence-electron chi connectivity index (χ1n) is 3.51. The molecule has 2 aromatic rings. The first kappa shape index (κ1) is 6.97. The Labute approximate surface area is 69.8 Å². The summed E-state index contributed by atoms with van der Waals surface area (Å²) in [6.45, 7) is 3.78. The maximum absolute atomic E-state index is 3.89. The van der Waals surface area contributed by atoms with Crippen molar-refractivity contribution >= 4 is 0 Å². The van der Waals surface area contributed by atoms with Crippen LogP contribution in [0, 0.1) is 6.92 Å². The van der Waals surface area contributed by atoms with Gasteiger partial charge < -0.3 is 0 Å². The van der Waals surface area contributed by atoms with Crippen LogP contribution in [0.5, 0.6) is 0 Å². The summed E-state index contributed by atoms with van der Waals surface area (Å²) in [5.74, 6) is 0. The van der Waals surface area contributed by atoms with Crippen LogP contribution in [0.2, 0.25) is 0 Å². The molecule has 1 heterocycles. The maximum atomic E-state index is 3.89. The van der Waals surface area contributed by atoms with Crippen molar-refractivity contribution in [2.45, 2.75) is 0 Å². The molecule has 4 heteroatoms. The molecule has 1 aromatic carbocycles. The molecular weight excluding hydrogens is 152 g/mol. The van der Waals surface area contributed by atoms with Crippen LogP contribution in [-0.4, -0.2) is 20.2 Å². The highest BCUT2D eigenvalue weighted by Gasteiger charge is 1.95. The van der Waals surface area contributed by atoms with E-state index >= 15 is 0 Å². The van der Waals surface area contributed by atoms with Crippen LogP contribution in [0.3, 0.4) is 0 Å². The largest absolute Gasteiger partial charge is 0.162 e. The van der Waals surface area contributed by atoms with E-state index in [1.165, 1.54) is 11.1 Å². The number of hydrogen-bond acceptors (Lipinski definition) is 3. The van der Waals surface area contributed by atoms with Gasteiger partial charge in [-0.25, -0.2) is 0 Å². The topological polar surface area (TPSA) is 43.6 Å². The fourth-order valence-electron chi connectivity index (χ4n) is 0.915. The SMILES string of the molecule is [CH2]c1ccc(-n2ncnn2)cc1. The minimum Gasteiger partial charge on any atom is -0.135 e. The molecule has 0 aliphatic rings. The van der Waals surface area contributed by atoms with E-state index < -0.39 is 0 Å². The van der Waals surface area contributed by atoms with E-state index in [2.05, 4.69) is 22.3 Å². The summed E-state index contributed by atoms with van der Waals surface area (Å²) in [4.78, 5) is 1.46. The van der Waals surface area contributed by atoms with Crippen LogP contribution in [0.4, 0.5) is 0 Å². The van der Waals surface area contributed by atoms with Gasteiger partial charge in [0.2, 0.25) is 0 Å². The summed E-state index contributed by atoms with van der Waals surface area (Å²) in [5, 5.41) is 11.2. The Morgan fingerprint density at radius 3 is 2.50 bits per heavy atom. The average molecular weight is 159 g/mol. The highest BCUT2D eigenvalue weighted by Crippen LogP contribution is 2.04. The quantitative estimate of drug-likeness (QED) is 0.619. The molecule has 0 aliphatic carbocycles. The van der Waals surface area contributed by atoms with E-state index in [0.29, 0.717) is 0 Å². The molecule has 0 N–H and O–H groups in total. The Hall–Kier alpha value is -1.71. The summed E-state index contributed by atoms with van der Waals surface area (Å²) < 4.78 is 0. The van der Waals surface area contributed by atoms with Crippen LogP contribution >= 0.6 is 0 Å². The molecule has 0 spiro atoms. The van der Waals surface area contributed by atoms with Gasteiger partial charge >= 0.3 is 0 Å². The molecule has 0 amide bonds. The van der Waals surface area contributed by atoms with Gasteiger partial charge in [-0.2, -0.15) is 0 Å². The second-order valence-corrected chi connectivity index (χ2v) is 2.39. The molecule has 59 valence electrons. The number of rotatable bonds is 1. The van der Waals surface area contributed by atoms with Gasteiger partial charge in [-0.05, 0) is 29.8 Å². The lowest BCUT2D eigenvalue weighted by Gasteiger charge is -1.97. The van der Waals surface area contributed by atoms with E-state index in [1.54, 1.807) is 0 Å². The monoisotopic (exact) mass is 159 g/mol. The molecule has 0 atom stereocenters. The third-order valence-electron chi connectivity index (χ3n) is 1.52. The van der Waals surface area contributed by atoms with Gasteiger partial charge in [-0.1, -0.05) is 12.1 Å². The molecule has 0 saturated carbocycles. The van der Waals surface area contributed by atoms with Crippen LogP contribution in [0.15, 0.2) is 30.6 Å². The Morgan fingerprint density at radius 2 is 1.92 bits per heavy atom. The van der Waals surface area contributed by atoms with Crippen molar-refractivity contribution in [3.05, 3.63) is 43.1 Å². The van der Waals surface area contributed by atoms with Gasteiger partial charge in [0.05, 0.1) is 5.69 Å². The van der Waals surface area contributed by atoms with E-state index in [4.69, 9.17) is 0 Å². The van der Waals surface area contributed by atoms with Gasteiger partial charge in [0.1, 0.15) is 0 Å². The second-order valence-electron chi connectivity index (χ2n) is 2.39. The van der Waals surface area contributed by atoms with E-state index in [1.807, 2.05) is 24.3 Å². The molecule has 2 rings (SSSR count). The first-order valence-corrected chi connectivity index (χ1v) is 3.51. The zero-order valence-corrected chi connectivity index (χ0v) is 6.38. The van der Waals surface area contributed by atoms with Gasteiger partial charge in [-0.15, -0.1) is 15.0 Å². The summed E-state index contributed by atoms with van der Waals surface area (Å²) in [5.41, 5.74) is 1.86. The Balaban J connectivity index is 2.43. The summed E-state index contributed by atoms with van der Waals surface area (Å²) in [6, 6.07) is 7.59. The lowest BCUT2D eigenvalue weighted by atomic mass is 10.2. The number of nitrogens with zero attached hydrogens (tertiary/aromatic N) is 4. The normalized spacial score (nSPS) is 10.1. The third kappa shape index (κ3) is 1.18. The van der Waals surface area contributed by atoms with E-state index in [9.17, 15) is 0 Å². The average Bonchev–Trinajstić information content (AvgIpc) is 2.58. The molecule has 0 bridgehead atoms. The predicted octanol–water partition coefficient (Wildman–Crippen LogP) is 0.844. The smallest absolute Gasteiger partial charge is 0.135 e. The zero-order valence-electron chi connectivity index (χ0n) is 6.38. The Bertz CT molecular complexity index is 349. The fraction of sp³-hybridized carbons (Fsp3) is 0. The predicted molar refractivity (Wildman–Crippen MR) is 43.6 cm³/mol. The number of tetrazole rings is 1. The molecule has 0 unspecified atom stereocenters. The van der Waals surface area contributed by atoms with Gasteiger partial charge in [0, 0.05) is 0 Å². The molecular formula is C8H7N4.